The first-order valence-corrected chi connectivity index (χ1v) is 8.58. The Morgan fingerprint density at radius 3 is 2.81 bits per heavy atom. The number of nitrogens with two attached hydrogens (primary N) is 1. The van der Waals surface area contributed by atoms with E-state index in [0.29, 0.717) is 16.5 Å². The molecule has 0 bridgehead atoms. The zero-order valence-corrected chi connectivity index (χ0v) is 12.9. The summed E-state index contributed by atoms with van der Waals surface area (Å²) in [5.74, 6) is 0.548. The van der Waals surface area contributed by atoms with Crippen LogP contribution in [-0.4, -0.2) is 34.7 Å². The fourth-order valence-electron chi connectivity index (χ4n) is 1.57. The number of sulfone groups is 1. The molecular formula is C12H13N5O2S2. The highest BCUT2D eigenvalue weighted by Gasteiger charge is 2.16. The maximum absolute atomic E-state index is 12.2. The third kappa shape index (κ3) is 3.53. The van der Waals surface area contributed by atoms with Crippen LogP contribution in [0.1, 0.15) is 5.56 Å². The molecule has 0 aliphatic rings. The van der Waals surface area contributed by atoms with Crippen molar-refractivity contribution < 1.29 is 8.42 Å². The molecule has 0 aliphatic heterocycles. The Bertz CT molecular complexity index is 792. The molecule has 0 saturated carbocycles. The average Bonchev–Trinajstić information content (AvgIpc) is 2.79. The van der Waals surface area contributed by atoms with Gasteiger partial charge in [-0.3, -0.25) is 4.57 Å². The average molecular weight is 323 g/mol. The smallest absolute Gasteiger partial charge is 0.222 e. The van der Waals surface area contributed by atoms with Crippen LogP contribution < -0.4 is 5.73 Å². The van der Waals surface area contributed by atoms with Gasteiger partial charge in [0.05, 0.1) is 22.3 Å². The highest BCUT2D eigenvalue weighted by Crippen LogP contribution is 2.19. The van der Waals surface area contributed by atoms with Gasteiger partial charge in [0.15, 0.2) is 15.0 Å². The lowest BCUT2D eigenvalue weighted by atomic mass is 10.2. The van der Waals surface area contributed by atoms with E-state index in [1.807, 2.05) is 6.07 Å². The largest absolute Gasteiger partial charge is 0.368 e. The summed E-state index contributed by atoms with van der Waals surface area (Å²) in [5, 5.41) is 16.9. The lowest BCUT2D eigenvalue weighted by Crippen LogP contribution is -2.09. The van der Waals surface area contributed by atoms with Crippen molar-refractivity contribution in [1.82, 2.24) is 14.8 Å². The van der Waals surface area contributed by atoms with Crippen LogP contribution in [-0.2, 0) is 16.9 Å². The minimum Gasteiger partial charge on any atom is -0.368 e. The first-order chi connectivity index (χ1) is 9.94. The van der Waals surface area contributed by atoms with Crippen LogP contribution in [0.5, 0.6) is 0 Å². The molecular weight excluding hydrogens is 310 g/mol. The maximum atomic E-state index is 12.2. The summed E-state index contributed by atoms with van der Waals surface area (Å²) in [6.07, 6.45) is 0. The topological polar surface area (TPSA) is 115 Å². The van der Waals surface area contributed by atoms with Gasteiger partial charge in [-0.2, -0.15) is 5.26 Å². The molecule has 110 valence electrons. The molecule has 1 heterocycles. The number of thioether (sulfide) groups is 1. The zero-order chi connectivity index (χ0) is 15.5. The third-order valence-electron chi connectivity index (χ3n) is 2.77. The molecule has 0 saturated heterocycles. The first kappa shape index (κ1) is 15.3. The van der Waals surface area contributed by atoms with Crippen LogP contribution >= 0.6 is 11.8 Å². The number of benzene rings is 1. The van der Waals surface area contributed by atoms with Gasteiger partial charge in [0.25, 0.3) is 0 Å². The maximum Gasteiger partial charge on any atom is 0.222 e. The summed E-state index contributed by atoms with van der Waals surface area (Å²) in [7, 11) is -1.72. The predicted octanol–water partition coefficient (Wildman–Crippen LogP) is 0.835. The van der Waals surface area contributed by atoms with Crippen molar-refractivity contribution in [3.05, 3.63) is 29.8 Å². The van der Waals surface area contributed by atoms with E-state index < -0.39 is 9.84 Å². The van der Waals surface area contributed by atoms with Gasteiger partial charge in [0.1, 0.15) is 0 Å². The molecule has 2 aromatic rings. The van der Waals surface area contributed by atoms with E-state index >= 15 is 0 Å². The van der Waals surface area contributed by atoms with Crippen molar-refractivity contribution in [3.63, 3.8) is 0 Å². The summed E-state index contributed by atoms with van der Waals surface area (Å²) in [6.45, 7) is 0. The molecule has 2 rings (SSSR count). The number of hydrogen-bond donors (Lipinski definition) is 1. The highest BCUT2D eigenvalue weighted by atomic mass is 32.2. The zero-order valence-electron chi connectivity index (χ0n) is 11.2. The minimum absolute atomic E-state index is 0.0562. The van der Waals surface area contributed by atoms with Gasteiger partial charge >= 0.3 is 0 Å². The van der Waals surface area contributed by atoms with E-state index in [0.717, 1.165) is 0 Å². The van der Waals surface area contributed by atoms with E-state index in [9.17, 15) is 8.42 Å². The van der Waals surface area contributed by atoms with E-state index in [1.54, 1.807) is 23.7 Å². The number of nitrogen functional groups attached to an aromatic ring is 1. The molecule has 0 atom stereocenters. The normalized spacial score (nSPS) is 11.2. The van der Waals surface area contributed by atoms with Crippen molar-refractivity contribution in [2.45, 2.75) is 10.1 Å². The molecule has 0 fully saturated rings. The Kier molecular flexibility index (Phi) is 4.50. The molecule has 0 unspecified atom stereocenters. The standard InChI is InChI=1S/C12H13N5O2S2/c1-17-11(14)15-16-12(17)20-5-6-21(18,19)10-4-2-3-9(7-10)8-13/h2-4,7H,5-6H2,1H3,(H2,14,15). The van der Waals surface area contributed by atoms with E-state index in [-0.39, 0.29) is 16.6 Å². The SMILES string of the molecule is Cn1c(N)nnc1SCCS(=O)(=O)c1cccc(C#N)c1. The van der Waals surface area contributed by atoms with Crippen molar-refractivity contribution in [2.75, 3.05) is 17.2 Å². The molecule has 2 N–H and O–H groups in total. The fraction of sp³-hybridized carbons (Fsp3) is 0.250. The molecule has 0 radical (unpaired) electrons. The predicted molar refractivity (Wildman–Crippen MR) is 79.3 cm³/mol. The second kappa shape index (κ2) is 6.15. The van der Waals surface area contributed by atoms with Gasteiger partial charge in [0, 0.05) is 12.8 Å². The second-order valence-corrected chi connectivity index (χ2v) is 7.38. The van der Waals surface area contributed by atoms with Gasteiger partial charge in [-0.25, -0.2) is 8.42 Å². The third-order valence-corrected chi connectivity index (χ3v) is 5.77. The molecule has 0 spiro atoms. The lowest BCUT2D eigenvalue weighted by molar-refractivity contribution is 0.597. The molecule has 1 aromatic carbocycles. The number of rotatable bonds is 5. The van der Waals surface area contributed by atoms with Crippen molar-refractivity contribution in [2.24, 2.45) is 7.05 Å². The summed E-state index contributed by atoms with van der Waals surface area (Å²) in [5.41, 5.74) is 5.87. The van der Waals surface area contributed by atoms with Gasteiger partial charge in [-0.15, -0.1) is 10.2 Å². The van der Waals surface area contributed by atoms with E-state index in [1.165, 1.54) is 23.9 Å². The number of nitrogens with zero attached hydrogens (tertiary/aromatic N) is 4. The summed E-state index contributed by atoms with van der Waals surface area (Å²) >= 11 is 1.26. The second-order valence-electron chi connectivity index (χ2n) is 4.21. The molecule has 1 aromatic heterocycles. The fourth-order valence-corrected chi connectivity index (χ4v) is 4.18. The quantitative estimate of drug-likeness (QED) is 0.810. The number of aromatic nitrogens is 3. The number of nitriles is 1. The monoisotopic (exact) mass is 323 g/mol. The lowest BCUT2D eigenvalue weighted by Gasteiger charge is -2.04. The Hall–Kier alpha value is -2.05. The number of hydrogen-bond acceptors (Lipinski definition) is 7. The van der Waals surface area contributed by atoms with Crippen LogP contribution in [0.4, 0.5) is 5.95 Å². The van der Waals surface area contributed by atoms with Crippen molar-refractivity contribution in [1.29, 1.82) is 5.26 Å². The Morgan fingerprint density at radius 1 is 1.43 bits per heavy atom. The van der Waals surface area contributed by atoms with Crippen LogP contribution in [0, 0.1) is 11.3 Å². The molecule has 21 heavy (non-hydrogen) atoms. The van der Waals surface area contributed by atoms with Crippen LogP contribution in [0.25, 0.3) is 0 Å². The van der Waals surface area contributed by atoms with E-state index in [4.69, 9.17) is 11.0 Å². The Morgan fingerprint density at radius 2 is 2.19 bits per heavy atom. The van der Waals surface area contributed by atoms with Crippen molar-refractivity contribution >= 4 is 27.5 Å². The van der Waals surface area contributed by atoms with Gasteiger partial charge in [-0.1, -0.05) is 17.8 Å². The number of anilines is 1. The molecule has 0 amide bonds. The van der Waals surface area contributed by atoms with E-state index in [2.05, 4.69) is 10.2 Å². The minimum atomic E-state index is -3.43. The summed E-state index contributed by atoms with van der Waals surface area (Å²) in [4.78, 5) is 0.152. The molecule has 7 nitrogen and oxygen atoms in total. The first-order valence-electron chi connectivity index (χ1n) is 5.94. The molecule has 0 aliphatic carbocycles. The van der Waals surface area contributed by atoms with Crippen LogP contribution in [0.2, 0.25) is 0 Å². The van der Waals surface area contributed by atoms with Gasteiger partial charge in [0.2, 0.25) is 5.95 Å². The highest BCUT2D eigenvalue weighted by molar-refractivity contribution is 8.00. The Labute approximate surface area is 126 Å². The van der Waals surface area contributed by atoms with Crippen LogP contribution in [0.15, 0.2) is 34.3 Å². The summed E-state index contributed by atoms with van der Waals surface area (Å²) < 4.78 is 26.0. The summed E-state index contributed by atoms with van der Waals surface area (Å²) in [6, 6.07) is 7.91. The Balaban J connectivity index is 2.05. The van der Waals surface area contributed by atoms with Crippen LogP contribution in [0.3, 0.4) is 0 Å². The van der Waals surface area contributed by atoms with Gasteiger partial charge < -0.3 is 5.73 Å². The van der Waals surface area contributed by atoms with Gasteiger partial charge in [-0.05, 0) is 18.2 Å². The molecule has 9 heteroatoms. The van der Waals surface area contributed by atoms with Crippen molar-refractivity contribution in [3.8, 4) is 6.07 Å².